The van der Waals surface area contributed by atoms with Gasteiger partial charge in [-0.2, -0.15) is 0 Å². The van der Waals surface area contributed by atoms with Crippen LogP contribution in [0.2, 0.25) is 0 Å². The molecule has 2 N–H and O–H groups in total. The molecular weight excluding hydrogens is 208 g/mol. The molecule has 2 heterocycles. The van der Waals surface area contributed by atoms with Gasteiger partial charge in [-0.05, 0) is 18.4 Å². The van der Waals surface area contributed by atoms with Crippen molar-refractivity contribution in [2.45, 2.75) is 19.4 Å². The van der Waals surface area contributed by atoms with Crippen LogP contribution >= 0.6 is 0 Å². The number of hydrogen-bond acceptors (Lipinski definition) is 4. The maximum absolute atomic E-state index is 11.8. The summed E-state index contributed by atoms with van der Waals surface area (Å²) in [4.78, 5) is 15.5. The largest absolute Gasteiger partial charge is 0.504 e. The standard InChI is InChI=1S/C11H14N2O3/c1-7-3-5-16-10(7)11(15)13-8-2-4-12-6-9(8)14/h2,4,6-7,10,14H,3,5H2,1H3,(H,12,13,15)/t7-,10+/m1/s1. The first-order valence-electron chi connectivity index (χ1n) is 5.24. The number of carbonyl (C=O) groups is 1. The van der Waals surface area contributed by atoms with Crippen LogP contribution in [-0.2, 0) is 9.53 Å². The minimum atomic E-state index is -0.424. The van der Waals surface area contributed by atoms with Crippen molar-refractivity contribution >= 4 is 11.6 Å². The van der Waals surface area contributed by atoms with Crippen LogP contribution in [0.4, 0.5) is 5.69 Å². The lowest BCUT2D eigenvalue weighted by Crippen LogP contribution is -2.31. The molecule has 2 atom stereocenters. The van der Waals surface area contributed by atoms with E-state index < -0.39 is 6.10 Å². The zero-order chi connectivity index (χ0) is 11.5. The van der Waals surface area contributed by atoms with E-state index in [1.807, 2.05) is 6.92 Å². The van der Waals surface area contributed by atoms with Crippen LogP contribution in [0.25, 0.3) is 0 Å². The van der Waals surface area contributed by atoms with Crippen molar-refractivity contribution in [3.8, 4) is 5.75 Å². The molecule has 0 aromatic carbocycles. The number of aromatic nitrogens is 1. The number of ether oxygens (including phenoxy) is 1. The van der Waals surface area contributed by atoms with E-state index in [9.17, 15) is 9.90 Å². The molecule has 0 saturated carbocycles. The molecule has 0 unspecified atom stereocenters. The molecule has 0 radical (unpaired) electrons. The van der Waals surface area contributed by atoms with Gasteiger partial charge in [0.25, 0.3) is 5.91 Å². The van der Waals surface area contributed by atoms with E-state index in [-0.39, 0.29) is 17.6 Å². The summed E-state index contributed by atoms with van der Waals surface area (Å²) in [6, 6.07) is 1.55. The molecule has 1 aromatic heterocycles. The van der Waals surface area contributed by atoms with Gasteiger partial charge in [-0.25, -0.2) is 0 Å². The Morgan fingerprint density at radius 3 is 3.12 bits per heavy atom. The minimum Gasteiger partial charge on any atom is -0.504 e. The molecule has 86 valence electrons. The molecule has 0 spiro atoms. The van der Waals surface area contributed by atoms with Gasteiger partial charge in [0.15, 0.2) is 5.75 Å². The van der Waals surface area contributed by atoms with Crippen molar-refractivity contribution in [3.63, 3.8) is 0 Å². The number of pyridine rings is 1. The number of carbonyl (C=O) groups excluding carboxylic acids is 1. The molecular formula is C11H14N2O3. The summed E-state index contributed by atoms with van der Waals surface area (Å²) in [5.74, 6) is -0.0445. The Bertz CT molecular complexity index is 395. The van der Waals surface area contributed by atoms with Crippen molar-refractivity contribution in [2.24, 2.45) is 5.92 Å². The minimum absolute atomic E-state index is 0.0403. The number of amides is 1. The summed E-state index contributed by atoms with van der Waals surface area (Å²) >= 11 is 0. The zero-order valence-corrected chi connectivity index (χ0v) is 9.01. The number of anilines is 1. The highest BCUT2D eigenvalue weighted by Crippen LogP contribution is 2.24. The van der Waals surface area contributed by atoms with Gasteiger partial charge in [0.1, 0.15) is 6.10 Å². The van der Waals surface area contributed by atoms with Crippen molar-refractivity contribution in [1.29, 1.82) is 0 Å². The highest BCUT2D eigenvalue weighted by molar-refractivity contribution is 5.95. The molecule has 1 saturated heterocycles. The number of nitrogens with zero attached hydrogens (tertiary/aromatic N) is 1. The van der Waals surface area contributed by atoms with E-state index in [0.717, 1.165) is 6.42 Å². The van der Waals surface area contributed by atoms with Gasteiger partial charge in [-0.3, -0.25) is 9.78 Å². The summed E-state index contributed by atoms with van der Waals surface area (Å²) in [5.41, 5.74) is 0.364. The predicted octanol–water partition coefficient (Wildman–Crippen LogP) is 1.15. The predicted molar refractivity (Wildman–Crippen MR) is 58.1 cm³/mol. The second-order valence-corrected chi connectivity index (χ2v) is 3.94. The second kappa shape index (κ2) is 4.49. The first-order chi connectivity index (χ1) is 7.68. The second-order valence-electron chi connectivity index (χ2n) is 3.94. The van der Waals surface area contributed by atoms with E-state index in [1.54, 1.807) is 6.07 Å². The van der Waals surface area contributed by atoms with Gasteiger partial charge in [-0.15, -0.1) is 0 Å². The number of aromatic hydroxyl groups is 1. The highest BCUT2D eigenvalue weighted by Gasteiger charge is 2.31. The third kappa shape index (κ3) is 2.14. The van der Waals surface area contributed by atoms with Gasteiger partial charge >= 0.3 is 0 Å². The number of nitrogens with one attached hydrogen (secondary N) is 1. The molecule has 16 heavy (non-hydrogen) atoms. The SMILES string of the molecule is C[C@@H]1CCO[C@@H]1C(=O)Nc1ccncc1O. The Kier molecular flexibility index (Phi) is 3.05. The molecule has 2 rings (SSSR count). The lowest BCUT2D eigenvalue weighted by molar-refractivity contribution is -0.126. The van der Waals surface area contributed by atoms with Gasteiger partial charge < -0.3 is 15.2 Å². The van der Waals surface area contributed by atoms with E-state index in [1.165, 1.54) is 12.4 Å². The topological polar surface area (TPSA) is 71.5 Å². The molecule has 1 amide bonds. The van der Waals surface area contributed by atoms with Crippen LogP contribution in [0, 0.1) is 5.92 Å². The Balaban J connectivity index is 2.05. The van der Waals surface area contributed by atoms with Crippen molar-refractivity contribution in [2.75, 3.05) is 11.9 Å². The molecule has 1 aliphatic heterocycles. The molecule has 0 aliphatic carbocycles. The average Bonchev–Trinajstić information content (AvgIpc) is 2.68. The van der Waals surface area contributed by atoms with Crippen LogP contribution < -0.4 is 5.32 Å². The fourth-order valence-corrected chi connectivity index (χ4v) is 1.73. The molecule has 1 fully saturated rings. The maximum atomic E-state index is 11.8. The van der Waals surface area contributed by atoms with E-state index in [0.29, 0.717) is 12.3 Å². The maximum Gasteiger partial charge on any atom is 0.253 e. The van der Waals surface area contributed by atoms with Crippen molar-refractivity contribution in [1.82, 2.24) is 4.98 Å². The summed E-state index contributed by atoms with van der Waals surface area (Å²) < 4.78 is 5.33. The third-order valence-electron chi connectivity index (χ3n) is 2.70. The summed E-state index contributed by atoms with van der Waals surface area (Å²) in [5, 5.41) is 12.1. The summed E-state index contributed by atoms with van der Waals surface area (Å²) in [6.07, 6.45) is 3.26. The smallest absolute Gasteiger partial charge is 0.253 e. The quantitative estimate of drug-likeness (QED) is 0.787. The Morgan fingerprint density at radius 2 is 2.50 bits per heavy atom. The number of rotatable bonds is 2. The normalized spacial score (nSPS) is 24.3. The van der Waals surface area contributed by atoms with Gasteiger partial charge in [-0.1, -0.05) is 6.92 Å². The van der Waals surface area contributed by atoms with Crippen LogP contribution in [0.1, 0.15) is 13.3 Å². The number of hydrogen-bond donors (Lipinski definition) is 2. The van der Waals surface area contributed by atoms with Crippen molar-refractivity contribution in [3.05, 3.63) is 18.5 Å². The highest BCUT2D eigenvalue weighted by atomic mass is 16.5. The van der Waals surface area contributed by atoms with Crippen LogP contribution in [0.15, 0.2) is 18.5 Å². The lowest BCUT2D eigenvalue weighted by Gasteiger charge is -2.14. The summed E-state index contributed by atoms with van der Waals surface area (Å²) in [6.45, 7) is 2.59. The summed E-state index contributed by atoms with van der Waals surface area (Å²) in [7, 11) is 0. The molecule has 5 heteroatoms. The fourth-order valence-electron chi connectivity index (χ4n) is 1.73. The monoisotopic (exact) mass is 222 g/mol. The Morgan fingerprint density at radius 1 is 1.69 bits per heavy atom. The van der Waals surface area contributed by atoms with E-state index >= 15 is 0 Å². The third-order valence-corrected chi connectivity index (χ3v) is 2.70. The molecule has 1 aromatic rings. The molecule has 1 aliphatic rings. The van der Waals surface area contributed by atoms with Crippen LogP contribution in [-0.4, -0.2) is 28.7 Å². The van der Waals surface area contributed by atoms with Crippen LogP contribution in [0.3, 0.4) is 0 Å². The van der Waals surface area contributed by atoms with Gasteiger partial charge in [0, 0.05) is 12.8 Å². The fraction of sp³-hybridized carbons (Fsp3) is 0.455. The first-order valence-corrected chi connectivity index (χ1v) is 5.24. The van der Waals surface area contributed by atoms with Crippen LogP contribution in [0.5, 0.6) is 5.75 Å². The average molecular weight is 222 g/mol. The first kappa shape index (κ1) is 10.9. The Hall–Kier alpha value is -1.62. The molecule has 0 bridgehead atoms. The zero-order valence-electron chi connectivity index (χ0n) is 9.01. The van der Waals surface area contributed by atoms with Gasteiger partial charge in [0.2, 0.25) is 0 Å². The molecule has 5 nitrogen and oxygen atoms in total. The van der Waals surface area contributed by atoms with E-state index in [4.69, 9.17) is 4.74 Å². The van der Waals surface area contributed by atoms with Gasteiger partial charge in [0.05, 0.1) is 11.9 Å². The lowest BCUT2D eigenvalue weighted by atomic mass is 10.0. The van der Waals surface area contributed by atoms with Crippen molar-refractivity contribution < 1.29 is 14.6 Å². The van der Waals surface area contributed by atoms with E-state index in [2.05, 4.69) is 10.3 Å². The Labute approximate surface area is 93.5 Å².